The van der Waals surface area contributed by atoms with Gasteiger partial charge in [-0.15, -0.1) is 0 Å². The molecule has 3 aromatic rings. The molecule has 0 saturated carbocycles. The maximum absolute atomic E-state index is 12.9. The summed E-state index contributed by atoms with van der Waals surface area (Å²) in [7, 11) is 0. The average Bonchev–Trinajstić information content (AvgIpc) is 3.32. The monoisotopic (exact) mass is 484 g/mol. The summed E-state index contributed by atoms with van der Waals surface area (Å²) in [5, 5.41) is 3.66. The Hall–Kier alpha value is -3.29. The molecule has 1 aliphatic rings. The first-order valence-electron chi connectivity index (χ1n) is 10.4. The Balaban J connectivity index is 1.44. The molecule has 4 rings (SSSR count). The Morgan fingerprint density at radius 1 is 1.00 bits per heavy atom. The zero-order valence-electron chi connectivity index (χ0n) is 18.1. The Morgan fingerprint density at radius 3 is 2.45 bits per heavy atom. The van der Waals surface area contributed by atoms with Crippen molar-refractivity contribution in [3.05, 3.63) is 81.6 Å². The zero-order valence-corrected chi connectivity index (χ0v) is 19.6. The number of halogens is 2. The van der Waals surface area contributed by atoms with Gasteiger partial charge in [-0.25, -0.2) is 0 Å². The Bertz CT molecular complexity index is 1230. The number of rotatable bonds is 5. The van der Waals surface area contributed by atoms with Gasteiger partial charge in [0.05, 0.1) is 16.6 Å². The van der Waals surface area contributed by atoms with Crippen LogP contribution in [0.25, 0.3) is 0 Å². The number of carbonyl (C=O) groups is 3. The van der Waals surface area contributed by atoms with Crippen molar-refractivity contribution in [2.24, 2.45) is 5.92 Å². The van der Waals surface area contributed by atoms with Gasteiger partial charge < -0.3 is 10.2 Å². The van der Waals surface area contributed by atoms with Crippen molar-refractivity contribution in [2.75, 3.05) is 22.2 Å². The van der Waals surface area contributed by atoms with E-state index in [1.807, 2.05) is 26.0 Å². The highest BCUT2D eigenvalue weighted by atomic mass is 35.5. The molecule has 1 aliphatic heterocycles. The number of benzene rings is 2. The van der Waals surface area contributed by atoms with E-state index in [1.165, 1.54) is 4.90 Å². The third-order valence-corrected chi connectivity index (χ3v) is 6.13. The number of nitrogens with zero attached hydrogens (tertiary/aromatic N) is 2. The minimum absolute atomic E-state index is 0.0566. The summed E-state index contributed by atoms with van der Waals surface area (Å²) in [4.78, 5) is 39.6. The van der Waals surface area contributed by atoms with Gasteiger partial charge >= 0.3 is 0 Å². The van der Waals surface area contributed by atoms with Crippen LogP contribution in [0.4, 0.5) is 11.4 Å². The molecule has 2 heterocycles. The summed E-state index contributed by atoms with van der Waals surface area (Å²) in [6.45, 7) is 3.98. The molecule has 1 saturated heterocycles. The van der Waals surface area contributed by atoms with Crippen molar-refractivity contribution >= 4 is 52.3 Å². The van der Waals surface area contributed by atoms with Gasteiger partial charge in [-0.05, 0) is 62.4 Å². The number of aryl methyl sites for hydroxylation is 2. The molecule has 1 aromatic heterocycles. The molecule has 1 atom stereocenters. The molecule has 170 valence electrons. The lowest BCUT2D eigenvalue weighted by Crippen LogP contribution is -2.28. The van der Waals surface area contributed by atoms with Gasteiger partial charge in [0.25, 0.3) is 5.91 Å². The van der Waals surface area contributed by atoms with Crippen molar-refractivity contribution in [3.63, 3.8) is 0 Å². The van der Waals surface area contributed by atoms with Crippen LogP contribution in [-0.4, -0.2) is 28.9 Å². The zero-order chi connectivity index (χ0) is 23.7. The Morgan fingerprint density at radius 2 is 1.73 bits per heavy atom. The second-order valence-electron chi connectivity index (χ2n) is 7.96. The van der Waals surface area contributed by atoms with Gasteiger partial charge in [0.1, 0.15) is 0 Å². The fourth-order valence-corrected chi connectivity index (χ4v) is 4.19. The van der Waals surface area contributed by atoms with Gasteiger partial charge in [0.2, 0.25) is 11.8 Å². The van der Waals surface area contributed by atoms with Crippen LogP contribution in [0.2, 0.25) is 10.0 Å². The number of nitrogens with one attached hydrogen (secondary N) is 2. The van der Waals surface area contributed by atoms with Crippen LogP contribution in [0.15, 0.2) is 54.6 Å². The van der Waals surface area contributed by atoms with Crippen molar-refractivity contribution in [3.8, 4) is 0 Å². The number of amides is 3. The summed E-state index contributed by atoms with van der Waals surface area (Å²) in [5.74, 6) is -1.37. The van der Waals surface area contributed by atoms with Crippen LogP contribution in [-0.2, 0) is 9.59 Å². The number of hydrogen-bond donors (Lipinski definition) is 2. The minimum Gasteiger partial charge on any atom is -0.326 e. The fourth-order valence-electron chi connectivity index (χ4n) is 3.80. The standard InChI is InChI=1S/C24H22Cl2N4O3/c1-14-6-7-15(2)30(14)28-24(33)16-4-3-5-19(10-16)27-23(32)17-11-22(31)29(13-17)21-12-18(25)8-9-20(21)26/h3-10,12,17H,11,13H2,1-2H3,(H,27,32)(H,28,33)/t17-/m0/s1. The number of anilines is 2. The molecule has 0 aliphatic carbocycles. The van der Waals surface area contributed by atoms with Gasteiger partial charge in [0.15, 0.2) is 0 Å². The van der Waals surface area contributed by atoms with E-state index in [4.69, 9.17) is 23.2 Å². The summed E-state index contributed by atoms with van der Waals surface area (Å²) < 4.78 is 1.70. The third kappa shape index (κ3) is 4.89. The van der Waals surface area contributed by atoms with Gasteiger partial charge in [-0.2, -0.15) is 0 Å². The number of carbonyl (C=O) groups excluding carboxylic acids is 3. The van der Waals surface area contributed by atoms with Gasteiger partial charge in [0, 0.05) is 40.6 Å². The Labute approximate surface area is 201 Å². The second kappa shape index (κ2) is 9.29. The first kappa shape index (κ1) is 22.9. The molecule has 9 heteroatoms. The highest BCUT2D eigenvalue weighted by Crippen LogP contribution is 2.33. The molecule has 0 radical (unpaired) electrons. The highest BCUT2D eigenvalue weighted by Gasteiger charge is 2.36. The predicted octanol–water partition coefficient (Wildman–Crippen LogP) is 4.79. The molecule has 0 bridgehead atoms. The van der Waals surface area contributed by atoms with E-state index in [9.17, 15) is 14.4 Å². The summed E-state index contributed by atoms with van der Waals surface area (Å²) in [5.41, 5.74) is 6.00. The summed E-state index contributed by atoms with van der Waals surface area (Å²) in [6.07, 6.45) is 0.0566. The van der Waals surface area contributed by atoms with Crippen molar-refractivity contribution in [2.45, 2.75) is 20.3 Å². The van der Waals surface area contributed by atoms with E-state index in [1.54, 1.807) is 47.1 Å². The SMILES string of the molecule is Cc1ccc(C)n1NC(=O)c1cccc(NC(=O)[C@H]2CC(=O)N(c3cc(Cl)ccc3Cl)C2)c1. The average molecular weight is 485 g/mol. The molecule has 2 aromatic carbocycles. The van der Waals surface area contributed by atoms with Gasteiger partial charge in [-0.1, -0.05) is 29.3 Å². The molecule has 0 unspecified atom stereocenters. The van der Waals surface area contributed by atoms with Crippen LogP contribution in [0, 0.1) is 19.8 Å². The lowest BCUT2D eigenvalue weighted by atomic mass is 10.1. The first-order valence-corrected chi connectivity index (χ1v) is 11.1. The molecular weight excluding hydrogens is 463 g/mol. The van der Waals surface area contributed by atoms with E-state index >= 15 is 0 Å². The number of hydrogen-bond acceptors (Lipinski definition) is 3. The normalized spacial score (nSPS) is 15.6. The largest absolute Gasteiger partial charge is 0.326 e. The van der Waals surface area contributed by atoms with Crippen molar-refractivity contribution in [1.82, 2.24) is 4.68 Å². The van der Waals surface area contributed by atoms with Crippen LogP contribution < -0.4 is 15.6 Å². The topological polar surface area (TPSA) is 83.4 Å². The fraction of sp³-hybridized carbons (Fsp3) is 0.208. The third-order valence-electron chi connectivity index (χ3n) is 5.57. The van der Waals surface area contributed by atoms with Crippen LogP contribution in [0.3, 0.4) is 0 Å². The molecule has 33 heavy (non-hydrogen) atoms. The van der Waals surface area contributed by atoms with Crippen molar-refractivity contribution < 1.29 is 14.4 Å². The maximum atomic E-state index is 12.9. The summed E-state index contributed by atoms with van der Waals surface area (Å²) >= 11 is 12.3. The number of aromatic nitrogens is 1. The molecule has 3 amide bonds. The second-order valence-corrected chi connectivity index (χ2v) is 8.81. The van der Waals surface area contributed by atoms with Gasteiger partial charge in [-0.3, -0.25) is 24.5 Å². The first-order chi connectivity index (χ1) is 15.7. The molecule has 7 nitrogen and oxygen atoms in total. The van der Waals surface area contributed by atoms with E-state index < -0.39 is 5.92 Å². The van der Waals surface area contributed by atoms with Crippen molar-refractivity contribution in [1.29, 1.82) is 0 Å². The molecular formula is C24H22Cl2N4O3. The van der Waals surface area contributed by atoms with Crippen LogP contribution in [0.1, 0.15) is 28.2 Å². The lowest BCUT2D eigenvalue weighted by Gasteiger charge is -2.18. The summed E-state index contributed by atoms with van der Waals surface area (Å²) in [6, 6.07) is 15.3. The molecule has 0 spiro atoms. The van der Waals surface area contributed by atoms with E-state index in [-0.39, 0.29) is 30.7 Å². The molecule has 1 fully saturated rings. The van der Waals surface area contributed by atoms with E-state index in [0.29, 0.717) is 27.0 Å². The minimum atomic E-state index is -0.560. The highest BCUT2D eigenvalue weighted by molar-refractivity contribution is 6.36. The predicted molar refractivity (Wildman–Crippen MR) is 130 cm³/mol. The quantitative estimate of drug-likeness (QED) is 0.546. The maximum Gasteiger partial charge on any atom is 0.270 e. The smallest absolute Gasteiger partial charge is 0.270 e. The van der Waals surface area contributed by atoms with E-state index in [2.05, 4.69) is 10.7 Å². The Kier molecular flexibility index (Phi) is 6.44. The van der Waals surface area contributed by atoms with E-state index in [0.717, 1.165) is 11.4 Å². The van der Waals surface area contributed by atoms with Crippen LogP contribution >= 0.6 is 23.2 Å². The molecule has 2 N–H and O–H groups in total. The van der Waals surface area contributed by atoms with Crippen LogP contribution in [0.5, 0.6) is 0 Å². The lowest BCUT2D eigenvalue weighted by molar-refractivity contribution is -0.122.